The van der Waals surface area contributed by atoms with Crippen LogP contribution in [0, 0.1) is 23.6 Å². The number of nitrogens with one attached hydrogen (secondary N) is 3. The van der Waals surface area contributed by atoms with Crippen LogP contribution in [0.1, 0.15) is 65.7 Å². The van der Waals surface area contributed by atoms with Gasteiger partial charge in [0.2, 0.25) is 27.7 Å². The number of hydrogen-bond donors (Lipinski definition) is 4. The summed E-state index contributed by atoms with van der Waals surface area (Å²) in [6.07, 6.45) is 5.61. The minimum Gasteiger partial charge on any atom is -0.494 e. The maximum atomic E-state index is 14.4. The Labute approximate surface area is 295 Å². The fourth-order valence-corrected chi connectivity index (χ4v) is 8.62. The summed E-state index contributed by atoms with van der Waals surface area (Å²) < 4.78 is 53.3. The summed E-state index contributed by atoms with van der Waals surface area (Å²) in [5.74, 6) is -3.20. The smallest absolute Gasteiger partial charge is 0.405 e. The number of halogens is 1. The monoisotopic (exact) mass is 729 g/mol. The lowest BCUT2D eigenvalue weighted by Crippen LogP contribution is -2.59. The number of amides is 4. The fraction of sp³-hybridized carbons (Fsp3) is 0.571. The molecule has 276 valence electrons. The highest BCUT2D eigenvalue weighted by Crippen LogP contribution is 2.47. The van der Waals surface area contributed by atoms with Crippen LogP contribution in [0.3, 0.4) is 0 Å². The van der Waals surface area contributed by atoms with Gasteiger partial charge in [-0.2, -0.15) is 0 Å². The van der Waals surface area contributed by atoms with E-state index >= 15 is 0 Å². The van der Waals surface area contributed by atoms with Gasteiger partial charge in [-0.3, -0.25) is 19.1 Å². The molecule has 0 bridgehead atoms. The van der Waals surface area contributed by atoms with Gasteiger partial charge in [0.15, 0.2) is 0 Å². The van der Waals surface area contributed by atoms with Gasteiger partial charge in [0.25, 0.3) is 5.91 Å². The second-order valence-corrected chi connectivity index (χ2v) is 16.9. The van der Waals surface area contributed by atoms with Crippen LogP contribution in [-0.2, 0) is 24.4 Å². The van der Waals surface area contributed by atoms with Crippen molar-refractivity contribution in [3.05, 3.63) is 42.4 Å². The summed E-state index contributed by atoms with van der Waals surface area (Å²) in [5.41, 5.74) is -1.58. The molecule has 7 atom stereocenters. The summed E-state index contributed by atoms with van der Waals surface area (Å²) in [6, 6.07) is 1.59. The molecular formula is C35H44FN5O9S. The molecule has 4 aliphatic rings. The van der Waals surface area contributed by atoms with Crippen molar-refractivity contribution >= 4 is 44.6 Å². The first-order chi connectivity index (χ1) is 24.1. The number of ether oxygens (including phenoxy) is 2. The van der Waals surface area contributed by atoms with Crippen LogP contribution in [-0.4, -0.2) is 89.4 Å². The van der Waals surface area contributed by atoms with E-state index in [9.17, 15) is 37.1 Å². The summed E-state index contributed by atoms with van der Waals surface area (Å²) in [5, 5.41) is 15.7. The first kappa shape index (κ1) is 36.3. The van der Waals surface area contributed by atoms with Crippen molar-refractivity contribution in [3.8, 4) is 11.6 Å². The molecule has 2 aliphatic heterocycles. The largest absolute Gasteiger partial charge is 0.494 e. The third kappa shape index (κ3) is 7.19. The van der Waals surface area contributed by atoms with Crippen LogP contribution in [0.15, 0.2) is 36.5 Å². The number of carbonyl (C=O) groups is 4. The van der Waals surface area contributed by atoms with Gasteiger partial charge in [-0.25, -0.2) is 22.6 Å². The van der Waals surface area contributed by atoms with E-state index in [2.05, 4.69) is 20.3 Å². The van der Waals surface area contributed by atoms with Crippen LogP contribution in [0.4, 0.5) is 9.18 Å². The van der Waals surface area contributed by atoms with Crippen LogP contribution < -0.4 is 24.8 Å². The molecule has 2 aromatic rings. The van der Waals surface area contributed by atoms with Crippen LogP contribution >= 0.6 is 0 Å². The van der Waals surface area contributed by atoms with Crippen LogP contribution in [0.5, 0.6) is 11.6 Å². The molecule has 0 radical (unpaired) electrons. The van der Waals surface area contributed by atoms with Gasteiger partial charge in [0, 0.05) is 17.7 Å². The first-order valence-corrected chi connectivity index (χ1v) is 18.7. The maximum Gasteiger partial charge on any atom is 0.405 e. The van der Waals surface area contributed by atoms with E-state index < -0.39 is 80.0 Å². The molecule has 4 amide bonds. The van der Waals surface area contributed by atoms with Gasteiger partial charge in [-0.05, 0) is 75.5 Å². The molecule has 0 unspecified atom stereocenters. The number of benzene rings is 1. The molecule has 1 aromatic carbocycles. The Hall–Kier alpha value is -4.47. The molecule has 6 rings (SSSR count). The zero-order chi connectivity index (χ0) is 36.9. The van der Waals surface area contributed by atoms with E-state index in [4.69, 9.17) is 9.47 Å². The number of aromatic nitrogens is 1. The molecule has 51 heavy (non-hydrogen) atoms. The van der Waals surface area contributed by atoms with Crippen molar-refractivity contribution in [2.75, 3.05) is 13.7 Å². The second-order valence-electron chi connectivity index (χ2n) is 14.7. The SMILES string of the molecule is COc1cnc(O[C@@H]2C[C@H]3C(=O)N[C@]4(C(=O)NS(=O)(=O)C5(C)CC5)C[C@H]4/C=C\CC[C@@H](C)C[C@@H](C)[C@H](NC(=O)O)C(=O)N3C2)c2cc(F)ccc12. The molecule has 1 aromatic heterocycles. The zero-order valence-electron chi connectivity index (χ0n) is 29.0. The molecule has 0 spiro atoms. The predicted octanol–water partition coefficient (Wildman–Crippen LogP) is 3.25. The van der Waals surface area contributed by atoms with E-state index in [1.54, 1.807) is 13.8 Å². The number of rotatable bonds is 7. The molecular weight excluding hydrogens is 685 g/mol. The average Bonchev–Trinajstić information content (AvgIpc) is 3.95. The van der Waals surface area contributed by atoms with Gasteiger partial charge >= 0.3 is 6.09 Å². The summed E-state index contributed by atoms with van der Waals surface area (Å²) in [7, 11) is -2.57. The number of fused-ring (bicyclic) bond motifs is 3. The third-order valence-electron chi connectivity index (χ3n) is 10.8. The minimum absolute atomic E-state index is 0.0373. The number of methoxy groups -OCH3 is 1. The third-order valence-corrected chi connectivity index (χ3v) is 13.0. The molecule has 1 saturated heterocycles. The summed E-state index contributed by atoms with van der Waals surface area (Å²) in [4.78, 5) is 59.9. The van der Waals surface area contributed by atoms with Gasteiger partial charge < -0.3 is 30.1 Å². The van der Waals surface area contributed by atoms with Crippen molar-refractivity contribution in [3.63, 3.8) is 0 Å². The van der Waals surface area contributed by atoms with E-state index in [0.29, 0.717) is 48.6 Å². The van der Waals surface area contributed by atoms with Crippen LogP contribution in [0.25, 0.3) is 10.8 Å². The molecule has 16 heteroatoms. The Morgan fingerprint density at radius 3 is 2.59 bits per heavy atom. The average molecular weight is 730 g/mol. The topological polar surface area (TPSA) is 193 Å². The zero-order valence-corrected chi connectivity index (χ0v) is 29.8. The van der Waals surface area contributed by atoms with Crippen molar-refractivity contribution in [1.82, 2.24) is 25.2 Å². The van der Waals surface area contributed by atoms with Gasteiger partial charge in [0.1, 0.15) is 35.3 Å². The molecule has 2 aliphatic carbocycles. The van der Waals surface area contributed by atoms with Gasteiger partial charge in [-0.15, -0.1) is 0 Å². The molecule has 3 heterocycles. The Morgan fingerprint density at radius 2 is 1.90 bits per heavy atom. The van der Waals surface area contributed by atoms with E-state index in [-0.39, 0.29) is 31.2 Å². The lowest BCUT2D eigenvalue weighted by atomic mass is 9.88. The summed E-state index contributed by atoms with van der Waals surface area (Å²) in [6.45, 7) is 5.18. The van der Waals surface area contributed by atoms with Crippen molar-refractivity contribution < 1.29 is 46.6 Å². The Morgan fingerprint density at radius 1 is 1.16 bits per heavy atom. The Balaban J connectivity index is 1.35. The highest BCUT2D eigenvalue weighted by atomic mass is 32.2. The lowest BCUT2D eigenvalue weighted by Gasteiger charge is -2.32. The van der Waals surface area contributed by atoms with E-state index in [1.165, 1.54) is 36.4 Å². The van der Waals surface area contributed by atoms with Gasteiger partial charge in [0.05, 0.1) is 30.0 Å². The number of allylic oxidation sites excluding steroid dienone is 1. The number of sulfonamides is 1. The highest BCUT2D eigenvalue weighted by Gasteiger charge is 2.63. The van der Waals surface area contributed by atoms with Crippen molar-refractivity contribution in [2.24, 2.45) is 17.8 Å². The van der Waals surface area contributed by atoms with Crippen molar-refractivity contribution in [2.45, 2.75) is 94.2 Å². The molecule has 4 N–H and O–H groups in total. The standard InChI is InChI=1S/C35H44FN5O9S/c1-19-7-5-6-8-21-16-35(21,32(44)40-51(47,48)34(3)11-12-34)39-29(42)26-15-23(18-41(26)31(43)28(20(2)13-19)38-33(45)46)50-30-25-14-22(36)9-10-24(25)27(49-4)17-37-30/h6,8-10,14,17,19-21,23,26,28,38H,5,7,11-13,15-16,18H2,1-4H3,(H,39,42)(H,40,44)(H,45,46)/b8-6-/t19-,20-,21-,23-,26+,28+,35-/m1/s1. The number of carboxylic acid groups (broad SMARTS) is 1. The number of hydrogen-bond acceptors (Lipinski definition) is 9. The predicted molar refractivity (Wildman–Crippen MR) is 183 cm³/mol. The number of carbonyl (C=O) groups excluding carboxylic acids is 3. The lowest BCUT2D eigenvalue weighted by molar-refractivity contribution is -0.142. The van der Waals surface area contributed by atoms with Crippen LogP contribution in [0.2, 0.25) is 0 Å². The number of pyridine rings is 1. The highest BCUT2D eigenvalue weighted by molar-refractivity contribution is 7.91. The number of nitrogens with zero attached hydrogens (tertiary/aromatic N) is 2. The normalized spacial score (nSPS) is 31.2. The quantitative estimate of drug-likeness (QED) is 0.308. The molecule has 14 nitrogen and oxygen atoms in total. The minimum atomic E-state index is -4.02. The Bertz CT molecular complexity index is 1890. The van der Waals surface area contributed by atoms with Crippen molar-refractivity contribution in [1.29, 1.82) is 0 Å². The summed E-state index contributed by atoms with van der Waals surface area (Å²) >= 11 is 0. The molecule has 3 fully saturated rings. The maximum absolute atomic E-state index is 14.4. The van der Waals surface area contributed by atoms with Gasteiger partial charge in [-0.1, -0.05) is 26.0 Å². The first-order valence-electron chi connectivity index (χ1n) is 17.2. The van der Waals surface area contributed by atoms with E-state index in [0.717, 1.165) is 0 Å². The molecule has 2 saturated carbocycles. The second kappa shape index (κ2) is 13.6. The van der Waals surface area contributed by atoms with E-state index in [1.807, 2.05) is 19.1 Å². The Kier molecular flexibility index (Phi) is 9.67. The fourth-order valence-electron chi connectivity index (χ4n) is 7.31.